The lowest BCUT2D eigenvalue weighted by Crippen LogP contribution is -2.67. The monoisotopic (exact) mass is 474 g/mol. The fourth-order valence-corrected chi connectivity index (χ4v) is 10.6. The maximum absolute atomic E-state index is 11.7. The summed E-state index contributed by atoms with van der Waals surface area (Å²) in [6.45, 7) is 16.2. The Bertz CT molecular complexity index is 881. The summed E-state index contributed by atoms with van der Waals surface area (Å²) < 4.78 is 0. The van der Waals surface area contributed by atoms with Gasteiger partial charge in [-0.25, -0.2) is 0 Å². The van der Waals surface area contributed by atoms with Crippen LogP contribution >= 0.6 is 0 Å². The molecule has 0 saturated heterocycles. The van der Waals surface area contributed by atoms with Crippen molar-refractivity contribution in [1.82, 2.24) is 0 Å². The predicted octanol–water partition coefficient (Wildman–Crippen LogP) is 5.08. The molecule has 0 unspecified atom stereocenters. The summed E-state index contributed by atoms with van der Waals surface area (Å²) in [6.07, 6.45) is 8.65. The fourth-order valence-electron chi connectivity index (χ4n) is 10.6. The van der Waals surface area contributed by atoms with Gasteiger partial charge in [-0.05, 0) is 90.8 Å². The van der Waals surface area contributed by atoms with E-state index in [1.807, 2.05) is 0 Å². The van der Waals surface area contributed by atoms with E-state index >= 15 is 0 Å². The minimum atomic E-state index is -0.437. The van der Waals surface area contributed by atoms with Gasteiger partial charge in [-0.1, -0.05) is 60.1 Å². The van der Waals surface area contributed by atoms with Crippen molar-refractivity contribution in [2.45, 2.75) is 118 Å². The van der Waals surface area contributed by atoms with Gasteiger partial charge in [-0.3, -0.25) is 0 Å². The molecule has 5 aliphatic carbocycles. The van der Waals surface area contributed by atoms with E-state index in [-0.39, 0.29) is 39.8 Å². The molecular weight excluding hydrogens is 424 g/mol. The molecule has 4 N–H and O–H groups in total. The first kappa shape index (κ1) is 25.2. The number of hydrogen-bond donors (Lipinski definition) is 4. The van der Waals surface area contributed by atoms with Crippen molar-refractivity contribution >= 4 is 0 Å². The highest BCUT2D eigenvalue weighted by molar-refractivity contribution is 5.35. The van der Waals surface area contributed by atoms with E-state index in [4.69, 9.17) is 0 Å². The van der Waals surface area contributed by atoms with Crippen molar-refractivity contribution in [2.24, 2.45) is 50.2 Å². The third-order valence-electron chi connectivity index (χ3n) is 13.4. The summed E-state index contributed by atoms with van der Waals surface area (Å²) in [6, 6.07) is 0. The number of aliphatic hydroxyl groups is 4. The van der Waals surface area contributed by atoms with Gasteiger partial charge in [0.25, 0.3) is 0 Å². The van der Waals surface area contributed by atoms with Crippen LogP contribution in [-0.2, 0) is 0 Å². The van der Waals surface area contributed by atoms with E-state index in [0.717, 1.165) is 44.9 Å². The predicted molar refractivity (Wildman–Crippen MR) is 135 cm³/mol. The molecular formula is C30H50O4. The molecule has 0 bridgehead atoms. The van der Waals surface area contributed by atoms with Crippen LogP contribution in [0.5, 0.6) is 0 Å². The summed E-state index contributed by atoms with van der Waals surface area (Å²) in [7, 11) is 0. The smallest absolute Gasteiger partial charge is 0.0618 e. The Morgan fingerprint density at radius 2 is 1.44 bits per heavy atom. The molecule has 0 spiro atoms. The van der Waals surface area contributed by atoms with E-state index in [2.05, 4.69) is 54.5 Å². The Kier molecular flexibility index (Phi) is 5.44. The van der Waals surface area contributed by atoms with Crippen molar-refractivity contribution in [3.63, 3.8) is 0 Å². The minimum Gasteiger partial charge on any atom is -0.396 e. The number of fused-ring (bicyclic) bond motifs is 7. The van der Waals surface area contributed by atoms with Crippen LogP contribution in [0.3, 0.4) is 0 Å². The molecule has 11 atom stereocenters. The van der Waals surface area contributed by atoms with Gasteiger partial charge in [0.15, 0.2) is 0 Å². The van der Waals surface area contributed by atoms with Crippen LogP contribution in [0, 0.1) is 50.2 Å². The first-order valence-electron chi connectivity index (χ1n) is 14.0. The lowest BCUT2D eigenvalue weighted by molar-refractivity contribution is -0.227. The standard InChI is InChI=1S/C30H50O4/c1-25(2)14-19-18-8-9-21-26(3)12-11-22(32)28(5,17-31)20(26)10-13-29(21,6)30(18,7)16-24(34)27(19,4)15-23(25)33/h8,19-24,31-34H,9-17H2,1-7H3/t19-,20+,21+,22-,23-,24-,26-,27-,28-,29+,30+/m0/s1. The molecule has 194 valence electrons. The SMILES string of the molecule is CC1(C)C[C@H]2C3=CC[C@@H]4[C@@]5(C)CC[C@H](O)[C@@](C)(CO)[C@@H]5CC[C@@]4(C)[C@]3(C)C[C@H](O)[C@@]2(C)C[C@@H]1O. The van der Waals surface area contributed by atoms with Crippen molar-refractivity contribution in [3.05, 3.63) is 11.6 Å². The maximum atomic E-state index is 11.7. The lowest BCUT2D eigenvalue weighted by atomic mass is 9.33. The molecule has 4 nitrogen and oxygen atoms in total. The van der Waals surface area contributed by atoms with Gasteiger partial charge in [-0.2, -0.15) is 0 Å². The molecule has 5 aliphatic rings. The van der Waals surface area contributed by atoms with Crippen molar-refractivity contribution in [1.29, 1.82) is 0 Å². The van der Waals surface area contributed by atoms with Crippen LogP contribution in [0.4, 0.5) is 0 Å². The first-order chi connectivity index (χ1) is 15.6. The zero-order chi connectivity index (χ0) is 25.1. The van der Waals surface area contributed by atoms with Gasteiger partial charge >= 0.3 is 0 Å². The zero-order valence-electron chi connectivity index (χ0n) is 22.7. The Morgan fingerprint density at radius 1 is 0.765 bits per heavy atom. The summed E-state index contributed by atoms with van der Waals surface area (Å²) in [4.78, 5) is 0. The van der Waals surface area contributed by atoms with Gasteiger partial charge in [0, 0.05) is 10.8 Å². The van der Waals surface area contributed by atoms with Gasteiger partial charge in [0.2, 0.25) is 0 Å². The second kappa shape index (κ2) is 7.33. The average molecular weight is 475 g/mol. The van der Waals surface area contributed by atoms with Crippen LogP contribution in [0.2, 0.25) is 0 Å². The Balaban J connectivity index is 1.60. The van der Waals surface area contributed by atoms with Crippen molar-refractivity contribution < 1.29 is 20.4 Å². The summed E-state index contributed by atoms with van der Waals surface area (Å²) in [5, 5.41) is 44.0. The van der Waals surface area contributed by atoms with Gasteiger partial charge < -0.3 is 20.4 Å². The second-order valence-corrected chi connectivity index (χ2v) is 15.2. The molecule has 5 rings (SSSR count). The third-order valence-corrected chi connectivity index (χ3v) is 13.4. The Labute approximate surface area is 207 Å². The fraction of sp³-hybridized carbons (Fsp3) is 0.933. The molecule has 34 heavy (non-hydrogen) atoms. The molecule has 0 heterocycles. The molecule has 0 aromatic carbocycles. The summed E-state index contributed by atoms with van der Waals surface area (Å²) in [5.74, 6) is 1.09. The van der Waals surface area contributed by atoms with Crippen molar-refractivity contribution in [2.75, 3.05) is 6.61 Å². The molecule has 0 aliphatic heterocycles. The highest BCUT2D eigenvalue weighted by Gasteiger charge is 2.70. The summed E-state index contributed by atoms with van der Waals surface area (Å²) >= 11 is 0. The number of rotatable bonds is 1. The highest BCUT2D eigenvalue weighted by atomic mass is 16.3. The largest absolute Gasteiger partial charge is 0.396 e. The normalized spacial score (nSPS) is 58.6. The van der Waals surface area contributed by atoms with E-state index in [1.165, 1.54) is 0 Å². The number of allylic oxidation sites excluding steroid dienone is 2. The van der Waals surface area contributed by atoms with Gasteiger partial charge in [0.1, 0.15) is 0 Å². The zero-order valence-corrected chi connectivity index (χ0v) is 22.7. The maximum Gasteiger partial charge on any atom is 0.0618 e. The molecule has 0 radical (unpaired) electrons. The average Bonchev–Trinajstić information content (AvgIpc) is 2.74. The van der Waals surface area contributed by atoms with E-state index in [0.29, 0.717) is 24.2 Å². The Morgan fingerprint density at radius 3 is 2.09 bits per heavy atom. The van der Waals surface area contributed by atoms with Crippen LogP contribution in [0.1, 0.15) is 99.8 Å². The van der Waals surface area contributed by atoms with E-state index in [9.17, 15) is 20.4 Å². The van der Waals surface area contributed by atoms with E-state index < -0.39 is 17.6 Å². The lowest BCUT2D eigenvalue weighted by Gasteiger charge is -2.72. The number of hydrogen-bond acceptors (Lipinski definition) is 4. The van der Waals surface area contributed by atoms with Gasteiger partial charge in [-0.15, -0.1) is 0 Å². The number of aliphatic hydroxyl groups excluding tert-OH is 4. The molecule has 0 aromatic rings. The second-order valence-electron chi connectivity index (χ2n) is 15.2. The van der Waals surface area contributed by atoms with Crippen LogP contribution in [0.25, 0.3) is 0 Å². The van der Waals surface area contributed by atoms with Crippen molar-refractivity contribution in [3.8, 4) is 0 Å². The molecule has 0 amide bonds. The Hall–Kier alpha value is -0.420. The minimum absolute atomic E-state index is 0.0484. The van der Waals surface area contributed by atoms with Crippen LogP contribution < -0.4 is 0 Å². The molecule has 4 fully saturated rings. The highest BCUT2D eigenvalue weighted by Crippen LogP contribution is 2.75. The summed E-state index contributed by atoms with van der Waals surface area (Å²) in [5.41, 5.74) is 0.778. The topological polar surface area (TPSA) is 80.9 Å². The van der Waals surface area contributed by atoms with E-state index in [1.54, 1.807) is 5.57 Å². The first-order valence-corrected chi connectivity index (χ1v) is 14.0. The quantitative estimate of drug-likeness (QED) is 0.399. The van der Waals surface area contributed by atoms with Crippen LogP contribution in [-0.4, -0.2) is 45.3 Å². The van der Waals surface area contributed by atoms with Crippen LogP contribution in [0.15, 0.2) is 11.6 Å². The van der Waals surface area contributed by atoms with Gasteiger partial charge in [0.05, 0.1) is 24.9 Å². The molecule has 0 aromatic heterocycles. The molecule has 4 saturated carbocycles. The molecule has 4 heteroatoms. The third kappa shape index (κ3) is 2.86.